The second-order valence-electron chi connectivity index (χ2n) is 4.07. The monoisotopic (exact) mass is 220 g/mol. The Morgan fingerprint density at radius 3 is 2.62 bits per heavy atom. The zero-order chi connectivity index (χ0) is 11.5. The molecule has 86 valence electrons. The van der Waals surface area contributed by atoms with E-state index in [2.05, 4.69) is 0 Å². The van der Waals surface area contributed by atoms with Gasteiger partial charge in [-0.1, -0.05) is 12.1 Å². The lowest BCUT2D eigenvalue weighted by Gasteiger charge is -2.16. The summed E-state index contributed by atoms with van der Waals surface area (Å²) in [5.74, 6) is 0.104. The molecule has 1 saturated heterocycles. The van der Waals surface area contributed by atoms with Crippen molar-refractivity contribution in [2.75, 3.05) is 18.6 Å². The number of amides is 1. The number of methoxy groups -OCH3 is 1. The molecule has 0 spiro atoms. The molecule has 2 rings (SSSR count). The van der Waals surface area contributed by atoms with E-state index in [0.29, 0.717) is 19.6 Å². The second kappa shape index (κ2) is 4.63. The van der Waals surface area contributed by atoms with Crippen LogP contribution in [-0.2, 0) is 16.1 Å². The normalized spacial score (nSPS) is 20.5. The molecule has 2 N–H and O–H groups in total. The van der Waals surface area contributed by atoms with Crippen LogP contribution in [0.1, 0.15) is 12.0 Å². The Hall–Kier alpha value is -1.39. The van der Waals surface area contributed by atoms with Gasteiger partial charge in [-0.2, -0.15) is 0 Å². The van der Waals surface area contributed by atoms with Crippen LogP contribution < -0.4 is 10.6 Å². The molecule has 0 aromatic heterocycles. The van der Waals surface area contributed by atoms with Gasteiger partial charge in [0.2, 0.25) is 5.91 Å². The minimum absolute atomic E-state index is 0.0360. The van der Waals surface area contributed by atoms with E-state index < -0.39 is 0 Å². The van der Waals surface area contributed by atoms with Crippen LogP contribution in [0.5, 0.6) is 0 Å². The quantitative estimate of drug-likeness (QED) is 0.823. The van der Waals surface area contributed by atoms with Gasteiger partial charge in [-0.3, -0.25) is 4.79 Å². The minimum Gasteiger partial charge on any atom is -0.380 e. The maximum Gasteiger partial charge on any atom is 0.228 e. The lowest BCUT2D eigenvalue weighted by Crippen LogP contribution is -2.27. The van der Waals surface area contributed by atoms with E-state index in [1.165, 1.54) is 0 Å². The summed E-state index contributed by atoms with van der Waals surface area (Å²) in [6, 6.07) is 7.77. The third-order valence-electron chi connectivity index (χ3n) is 2.71. The van der Waals surface area contributed by atoms with Crippen molar-refractivity contribution in [3.8, 4) is 0 Å². The van der Waals surface area contributed by atoms with Crippen LogP contribution in [0.15, 0.2) is 24.3 Å². The first kappa shape index (κ1) is 11.1. The van der Waals surface area contributed by atoms with E-state index in [9.17, 15) is 4.79 Å². The highest BCUT2D eigenvalue weighted by atomic mass is 16.5. The molecule has 4 nitrogen and oxygen atoms in total. The third-order valence-corrected chi connectivity index (χ3v) is 2.71. The van der Waals surface area contributed by atoms with Crippen LogP contribution in [0.3, 0.4) is 0 Å². The Balaban J connectivity index is 2.12. The number of nitrogens with two attached hydrogens (primary N) is 1. The third kappa shape index (κ3) is 2.23. The average molecular weight is 220 g/mol. The molecule has 1 aliphatic rings. The van der Waals surface area contributed by atoms with Crippen molar-refractivity contribution in [1.29, 1.82) is 0 Å². The molecule has 1 aromatic carbocycles. The number of hydrogen-bond acceptors (Lipinski definition) is 3. The van der Waals surface area contributed by atoms with E-state index in [1.54, 1.807) is 12.0 Å². The molecule has 1 unspecified atom stereocenters. The number of anilines is 1. The van der Waals surface area contributed by atoms with Gasteiger partial charge in [-0.25, -0.2) is 0 Å². The van der Waals surface area contributed by atoms with Crippen LogP contribution in [0.25, 0.3) is 0 Å². The molecule has 1 atom stereocenters. The smallest absolute Gasteiger partial charge is 0.228 e. The van der Waals surface area contributed by atoms with Gasteiger partial charge in [-0.05, 0) is 17.7 Å². The molecule has 1 aromatic rings. The molecule has 4 heteroatoms. The first-order valence-corrected chi connectivity index (χ1v) is 5.34. The van der Waals surface area contributed by atoms with Crippen molar-refractivity contribution >= 4 is 11.6 Å². The summed E-state index contributed by atoms with van der Waals surface area (Å²) in [4.78, 5) is 13.4. The Morgan fingerprint density at radius 1 is 1.44 bits per heavy atom. The number of carbonyl (C=O) groups is 1. The largest absolute Gasteiger partial charge is 0.380 e. The molecule has 0 aliphatic carbocycles. The molecular weight excluding hydrogens is 204 g/mol. The Labute approximate surface area is 95.0 Å². The van der Waals surface area contributed by atoms with Crippen molar-refractivity contribution in [3.05, 3.63) is 29.8 Å². The fourth-order valence-corrected chi connectivity index (χ4v) is 1.92. The summed E-state index contributed by atoms with van der Waals surface area (Å²) in [6.07, 6.45) is 0.444. The maximum absolute atomic E-state index is 11.6. The summed E-state index contributed by atoms with van der Waals surface area (Å²) in [5, 5.41) is 0. The number of rotatable bonds is 3. The van der Waals surface area contributed by atoms with Gasteiger partial charge in [0.1, 0.15) is 0 Å². The fourth-order valence-electron chi connectivity index (χ4n) is 1.92. The van der Waals surface area contributed by atoms with E-state index in [-0.39, 0.29) is 11.9 Å². The molecular formula is C12H16N2O2. The fraction of sp³-hybridized carbons (Fsp3) is 0.417. The van der Waals surface area contributed by atoms with Crippen molar-refractivity contribution in [2.24, 2.45) is 5.73 Å². The molecule has 0 saturated carbocycles. The van der Waals surface area contributed by atoms with Crippen molar-refractivity contribution < 1.29 is 9.53 Å². The molecule has 1 fully saturated rings. The number of ether oxygens (including phenoxy) is 1. The topological polar surface area (TPSA) is 55.6 Å². The van der Waals surface area contributed by atoms with E-state index in [4.69, 9.17) is 10.5 Å². The van der Waals surface area contributed by atoms with Gasteiger partial charge < -0.3 is 15.4 Å². The Bertz CT molecular complexity index is 375. The number of hydrogen-bond donors (Lipinski definition) is 1. The molecule has 1 aliphatic heterocycles. The summed E-state index contributed by atoms with van der Waals surface area (Å²) in [7, 11) is 1.66. The van der Waals surface area contributed by atoms with Crippen LogP contribution in [0, 0.1) is 0 Å². The van der Waals surface area contributed by atoms with Gasteiger partial charge in [-0.15, -0.1) is 0 Å². The van der Waals surface area contributed by atoms with Crippen molar-refractivity contribution in [2.45, 2.75) is 19.1 Å². The molecule has 0 bridgehead atoms. The van der Waals surface area contributed by atoms with Crippen LogP contribution >= 0.6 is 0 Å². The Kier molecular flexibility index (Phi) is 3.22. The van der Waals surface area contributed by atoms with Gasteiger partial charge >= 0.3 is 0 Å². The predicted octanol–water partition coefficient (Wildman–Crippen LogP) is 0.897. The van der Waals surface area contributed by atoms with Crippen molar-refractivity contribution in [3.63, 3.8) is 0 Å². The second-order valence-corrected chi connectivity index (χ2v) is 4.07. The molecule has 1 heterocycles. The maximum atomic E-state index is 11.6. The van der Waals surface area contributed by atoms with Crippen LogP contribution in [0.2, 0.25) is 0 Å². The number of nitrogens with zero attached hydrogens (tertiary/aromatic N) is 1. The molecule has 1 amide bonds. The van der Waals surface area contributed by atoms with Crippen molar-refractivity contribution in [1.82, 2.24) is 0 Å². The molecule has 0 radical (unpaired) electrons. The van der Waals surface area contributed by atoms with Gasteiger partial charge in [0, 0.05) is 31.8 Å². The van der Waals surface area contributed by atoms with Crippen LogP contribution in [0.4, 0.5) is 5.69 Å². The number of carbonyl (C=O) groups excluding carboxylic acids is 1. The predicted molar refractivity (Wildman–Crippen MR) is 62.1 cm³/mol. The number of benzene rings is 1. The zero-order valence-corrected chi connectivity index (χ0v) is 9.35. The highest BCUT2D eigenvalue weighted by molar-refractivity contribution is 5.96. The standard InChI is InChI=1S/C12H16N2O2/c1-16-8-9-2-4-11(5-3-9)14-7-10(13)6-12(14)15/h2-5,10H,6-8,13H2,1H3. The first-order valence-electron chi connectivity index (χ1n) is 5.34. The van der Waals surface area contributed by atoms with Gasteiger partial charge in [0.15, 0.2) is 0 Å². The Morgan fingerprint density at radius 2 is 2.12 bits per heavy atom. The lowest BCUT2D eigenvalue weighted by atomic mass is 10.2. The summed E-state index contributed by atoms with van der Waals surface area (Å²) in [5.41, 5.74) is 7.76. The van der Waals surface area contributed by atoms with Gasteiger partial charge in [0.25, 0.3) is 0 Å². The van der Waals surface area contributed by atoms with Crippen LogP contribution in [-0.4, -0.2) is 25.6 Å². The van der Waals surface area contributed by atoms with E-state index in [0.717, 1.165) is 11.3 Å². The van der Waals surface area contributed by atoms with E-state index >= 15 is 0 Å². The van der Waals surface area contributed by atoms with E-state index in [1.807, 2.05) is 24.3 Å². The molecule has 16 heavy (non-hydrogen) atoms. The lowest BCUT2D eigenvalue weighted by molar-refractivity contribution is -0.117. The minimum atomic E-state index is -0.0360. The summed E-state index contributed by atoms with van der Waals surface area (Å²) < 4.78 is 5.03. The highest BCUT2D eigenvalue weighted by Gasteiger charge is 2.27. The van der Waals surface area contributed by atoms with Gasteiger partial charge in [0.05, 0.1) is 6.61 Å². The summed E-state index contributed by atoms with van der Waals surface area (Å²) >= 11 is 0. The summed E-state index contributed by atoms with van der Waals surface area (Å²) in [6.45, 7) is 1.20. The zero-order valence-electron chi connectivity index (χ0n) is 9.35. The highest BCUT2D eigenvalue weighted by Crippen LogP contribution is 2.21. The first-order chi connectivity index (χ1) is 7.70. The SMILES string of the molecule is COCc1ccc(N2CC(N)CC2=O)cc1. The average Bonchev–Trinajstić information content (AvgIpc) is 2.59.